The van der Waals surface area contributed by atoms with Crippen molar-refractivity contribution in [3.63, 3.8) is 0 Å². The SMILES string of the molecule is CC/C(=C/CNCc1cc(OC)n(C)n1)C(=O)OC. The van der Waals surface area contributed by atoms with E-state index in [0.717, 1.165) is 11.6 Å². The maximum atomic E-state index is 11.3. The van der Waals surface area contributed by atoms with E-state index in [4.69, 9.17) is 4.74 Å². The van der Waals surface area contributed by atoms with E-state index in [0.29, 0.717) is 25.1 Å². The Morgan fingerprint density at radius 1 is 1.53 bits per heavy atom. The molecule has 0 radical (unpaired) electrons. The minimum absolute atomic E-state index is 0.274. The number of rotatable bonds is 7. The molecular weight excluding hydrogens is 246 g/mol. The van der Waals surface area contributed by atoms with Crippen molar-refractivity contribution in [2.45, 2.75) is 19.9 Å². The smallest absolute Gasteiger partial charge is 0.333 e. The molecule has 6 heteroatoms. The zero-order valence-corrected chi connectivity index (χ0v) is 11.9. The van der Waals surface area contributed by atoms with E-state index in [1.54, 1.807) is 11.8 Å². The molecule has 0 spiro atoms. The van der Waals surface area contributed by atoms with Gasteiger partial charge in [0.05, 0.1) is 19.9 Å². The second-order valence-corrected chi connectivity index (χ2v) is 4.01. The van der Waals surface area contributed by atoms with Gasteiger partial charge in [0.15, 0.2) is 0 Å². The van der Waals surface area contributed by atoms with E-state index < -0.39 is 0 Å². The van der Waals surface area contributed by atoms with Crippen molar-refractivity contribution in [3.05, 3.63) is 23.4 Å². The Hall–Kier alpha value is -1.82. The highest BCUT2D eigenvalue weighted by molar-refractivity contribution is 5.88. The zero-order chi connectivity index (χ0) is 14.3. The zero-order valence-electron chi connectivity index (χ0n) is 11.9. The van der Waals surface area contributed by atoms with Gasteiger partial charge in [-0.1, -0.05) is 13.0 Å². The van der Waals surface area contributed by atoms with Crippen LogP contribution >= 0.6 is 0 Å². The van der Waals surface area contributed by atoms with Crippen LogP contribution in [-0.2, 0) is 23.1 Å². The van der Waals surface area contributed by atoms with Crippen LogP contribution in [0.5, 0.6) is 5.88 Å². The molecule has 0 aliphatic heterocycles. The summed E-state index contributed by atoms with van der Waals surface area (Å²) in [7, 11) is 4.83. The number of carbonyl (C=O) groups is 1. The molecule has 0 aromatic carbocycles. The van der Waals surface area contributed by atoms with Crippen LogP contribution in [0.4, 0.5) is 0 Å². The molecule has 0 saturated heterocycles. The monoisotopic (exact) mass is 267 g/mol. The summed E-state index contributed by atoms with van der Waals surface area (Å²) in [6, 6.07) is 1.87. The first-order valence-corrected chi connectivity index (χ1v) is 6.17. The molecule has 0 bridgehead atoms. The quantitative estimate of drug-likeness (QED) is 0.454. The van der Waals surface area contributed by atoms with Crippen LogP contribution in [0.25, 0.3) is 0 Å². The lowest BCUT2D eigenvalue weighted by Gasteiger charge is -2.03. The highest BCUT2D eigenvalue weighted by Gasteiger charge is 2.06. The highest BCUT2D eigenvalue weighted by Crippen LogP contribution is 2.10. The summed E-state index contributed by atoms with van der Waals surface area (Å²) in [6.45, 7) is 3.13. The average Bonchev–Trinajstić information content (AvgIpc) is 2.78. The summed E-state index contributed by atoms with van der Waals surface area (Å²) in [4.78, 5) is 11.3. The van der Waals surface area contributed by atoms with Gasteiger partial charge in [0.1, 0.15) is 0 Å². The molecular formula is C13H21N3O3. The first kappa shape index (κ1) is 15.2. The second-order valence-electron chi connectivity index (χ2n) is 4.01. The molecule has 0 aliphatic rings. The molecule has 1 heterocycles. The van der Waals surface area contributed by atoms with Crippen molar-refractivity contribution >= 4 is 5.97 Å². The summed E-state index contributed by atoms with van der Waals surface area (Å²) >= 11 is 0. The summed E-state index contributed by atoms with van der Waals surface area (Å²) in [5, 5.41) is 7.48. The molecule has 0 fully saturated rings. The molecule has 0 amide bonds. The second kappa shape index (κ2) is 7.58. The minimum atomic E-state index is -0.274. The topological polar surface area (TPSA) is 65.4 Å². The Bertz CT molecular complexity index is 452. The van der Waals surface area contributed by atoms with Crippen LogP contribution in [0.15, 0.2) is 17.7 Å². The van der Waals surface area contributed by atoms with E-state index in [1.165, 1.54) is 7.11 Å². The number of nitrogens with one attached hydrogen (secondary N) is 1. The van der Waals surface area contributed by atoms with Crippen LogP contribution in [0.2, 0.25) is 0 Å². The molecule has 0 atom stereocenters. The number of hydrogen-bond acceptors (Lipinski definition) is 5. The lowest BCUT2D eigenvalue weighted by molar-refractivity contribution is -0.136. The third kappa shape index (κ3) is 4.40. The van der Waals surface area contributed by atoms with Gasteiger partial charge < -0.3 is 14.8 Å². The molecule has 0 unspecified atom stereocenters. The largest absolute Gasteiger partial charge is 0.481 e. The molecule has 19 heavy (non-hydrogen) atoms. The number of methoxy groups -OCH3 is 2. The average molecular weight is 267 g/mol. The third-order valence-corrected chi connectivity index (χ3v) is 2.72. The number of esters is 1. The van der Waals surface area contributed by atoms with Gasteiger partial charge in [-0.3, -0.25) is 0 Å². The molecule has 1 rings (SSSR count). The lowest BCUT2D eigenvalue weighted by atomic mass is 10.2. The Labute approximate surface area is 113 Å². The van der Waals surface area contributed by atoms with Crippen molar-refractivity contribution in [2.75, 3.05) is 20.8 Å². The van der Waals surface area contributed by atoms with Gasteiger partial charge in [-0.25, -0.2) is 9.48 Å². The molecule has 6 nitrogen and oxygen atoms in total. The van der Waals surface area contributed by atoms with Crippen LogP contribution in [0.3, 0.4) is 0 Å². The van der Waals surface area contributed by atoms with E-state index in [1.807, 2.05) is 26.1 Å². The fraction of sp³-hybridized carbons (Fsp3) is 0.538. The van der Waals surface area contributed by atoms with Gasteiger partial charge in [0.2, 0.25) is 5.88 Å². The van der Waals surface area contributed by atoms with Gasteiger partial charge in [-0.15, -0.1) is 0 Å². The van der Waals surface area contributed by atoms with Crippen molar-refractivity contribution in [3.8, 4) is 5.88 Å². The first-order chi connectivity index (χ1) is 9.12. The maximum absolute atomic E-state index is 11.3. The van der Waals surface area contributed by atoms with Crippen molar-refractivity contribution in [1.29, 1.82) is 0 Å². The van der Waals surface area contributed by atoms with Crippen molar-refractivity contribution in [1.82, 2.24) is 15.1 Å². The minimum Gasteiger partial charge on any atom is -0.481 e. The van der Waals surface area contributed by atoms with Gasteiger partial charge in [0, 0.05) is 31.8 Å². The number of aryl methyl sites for hydroxylation is 1. The molecule has 1 N–H and O–H groups in total. The fourth-order valence-electron chi connectivity index (χ4n) is 1.68. The van der Waals surface area contributed by atoms with Gasteiger partial charge >= 0.3 is 5.97 Å². The Balaban J connectivity index is 2.45. The number of hydrogen-bond donors (Lipinski definition) is 1. The van der Waals surface area contributed by atoms with Gasteiger partial charge in [-0.05, 0) is 6.42 Å². The fourth-order valence-corrected chi connectivity index (χ4v) is 1.68. The van der Waals surface area contributed by atoms with Gasteiger partial charge in [-0.2, -0.15) is 5.10 Å². The Kier molecular flexibility index (Phi) is 6.08. The molecule has 1 aromatic heterocycles. The predicted molar refractivity (Wildman–Crippen MR) is 71.9 cm³/mol. The summed E-state index contributed by atoms with van der Waals surface area (Å²) < 4.78 is 11.5. The number of aromatic nitrogens is 2. The predicted octanol–water partition coefficient (Wildman–Crippen LogP) is 1.03. The number of ether oxygens (including phenoxy) is 2. The molecule has 1 aromatic rings. The lowest BCUT2D eigenvalue weighted by Crippen LogP contribution is -2.15. The van der Waals surface area contributed by atoms with Crippen LogP contribution in [0.1, 0.15) is 19.0 Å². The van der Waals surface area contributed by atoms with Crippen molar-refractivity contribution in [2.24, 2.45) is 7.05 Å². The Morgan fingerprint density at radius 3 is 2.79 bits per heavy atom. The molecule has 0 aliphatic carbocycles. The first-order valence-electron chi connectivity index (χ1n) is 6.17. The summed E-state index contributed by atoms with van der Waals surface area (Å²) in [5.41, 5.74) is 1.57. The number of carbonyl (C=O) groups excluding carboxylic acids is 1. The molecule has 106 valence electrons. The van der Waals surface area contributed by atoms with Crippen LogP contribution in [0, 0.1) is 0 Å². The van der Waals surface area contributed by atoms with E-state index in [-0.39, 0.29) is 5.97 Å². The normalized spacial score (nSPS) is 11.5. The van der Waals surface area contributed by atoms with E-state index in [9.17, 15) is 4.79 Å². The summed E-state index contributed by atoms with van der Waals surface area (Å²) in [5.74, 6) is 0.444. The van der Waals surface area contributed by atoms with Crippen LogP contribution < -0.4 is 10.1 Å². The van der Waals surface area contributed by atoms with E-state index in [2.05, 4.69) is 15.2 Å². The van der Waals surface area contributed by atoms with Crippen LogP contribution in [-0.4, -0.2) is 36.5 Å². The number of nitrogens with zero attached hydrogens (tertiary/aromatic N) is 2. The maximum Gasteiger partial charge on any atom is 0.333 e. The standard InChI is InChI=1S/C13H21N3O3/c1-5-10(13(17)19-4)6-7-14-9-11-8-12(18-3)16(2)15-11/h6,8,14H,5,7,9H2,1-4H3/b10-6-. The molecule has 0 saturated carbocycles. The van der Waals surface area contributed by atoms with E-state index >= 15 is 0 Å². The highest BCUT2D eigenvalue weighted by atomic mass is 16.5. The summed E-state index contributed by atoms with van der Waals surface area (Å²) in [6.07, 6.45) is 2.50. The van der Waals surface area contributed by atoms with Crippen molar-refractivity contribution < 1.29 is 14.3 Å². The third-order valence-electron chi connectivity index (χ3n) is 2.72. The Morgan fingerprint density at radius 2 is 2.26 bits per heavy atom. The van der Waals surface area contributed by atoms with Gasteiger partial charge in [0.25, 0.3) is 0 Å².